The molecule has 1 aliphatic heterocycles. The summed E-state index contributed by atoms with van der Waals surface area (Å²) in [6, 6.07) is 11.3. The van der Waals surface area contributed by atoms with Gasteiger partial charge < -0.3 is 4.18 Å². The summed E-state index contributed by atoms with van der Waals surface area (Å²) in [6.45, 7) is 0.455. The SMILES string of the molecule is O=S(=O)(OC1=NN(c2ncccc2Cl)CC1)c1ccccc1. The molecule has 1 aliphatic rings. The van der Waals surface area contributed by atoms with Crippen LogP contribution in [-0.2, 0) is 14.3 Å². The van der Waals surface area contributed by atoms with Gasteiger partial charge in [0.25, 0.3) is 0 Å². The summed E-state index contributed by atoms with van der Waals surface area (Å²) in [5.74, 6) is 0.588. The normalized spacial score (nSPS) is 14.8. The molecule has 2 aromatic rings. The van der Waals surface area contributed by atoms with Gasteiger partial charge in [0.2, 0.25) is 5.90 Å². The van der Waals surface area contributed by atoms with Crippen LogP contribution < -0.4 is 5.01 Å². The average molecular weight is 338 g/mol. The first-order chi connectivity index (χ1) is 10.6. The summed E-state index contributed by atoms with van der Waals surface area (Å²) in [6.07, 6.45) is 1.95. The van der Waals surface area contributed by atoms with E-state index in [1.54, 1.807) is 36.5 Å². The summed E-state index contributed by atoms with van der Waals surface area (Å²) in [4.78, 5) is 4.22. The standard InChI is InChI=1S/C14H12ClN3O3S/c15-12-7-4-9-16-14(12)18-10-8-13(17-18)21-22(19,20)11-5-2-1-3-6-11/h1-7,9H,8,10H2. The molecule has 0 unspecified atom stereocenters. The lowest BCUT2D eigenvalue weighted by Gasteiger charge is -2.12. The van der Waals surface area contributed by atoms with Crippen molar-refractivity contribution in [1.82, 2.24) is 4.98 Å². The molecule has 0 bridgehead atoms. The number of benzene rings is 1. The third-order valence-corrected chi connectivity index (χ3v) is 4.55. The fourth-order valence-electron chi connectivity index (χ4n) is 1.98. The first-order valence-corrected chi connectivity index (χ1v) is 8.30. The minimum Gasteiger partial charge on any atom is -0.361 e. The number of hydrogen-bond donors (Lipinski definition) is 0. The maximum atomic E-state index is 12.1. The summed E-state index contributed by atoms with van der Waals surface area (Å²) in [5.41, 5.74) is 0. The van der Waals surface area contributed by atoms with E-state index in [9.17, 15) is 8.42 Å². The van der Waals surface area contributed by atoms with Crippen LogP contribution in [0.5, 0.6) is 0 Å². The van der Waals surface area contributed by atoms with E-state index in [-0.39, 0.29) is 10.8 Å². The molecular weight excluding hydrogens is 326 g/mol. The lowest BCUT2D eigenvalue weighted by atomic mass is 10.4. The topological polar surface area (TPSA) is 71.9 Å². The van der Waals surface area contributed by atoms with Gasteiger partial charge in [-0.1, -0.05) is 29.8 Å². The zero-order valence-electron chi connectivity index (χ0n) is 11.4. The molecule has 8 heteroatoms. The number of aromatic nitrogens is 1. The Bertz CT molecular complexity index is 809. The van der Waals surface area contributed by atoms with Crippen LogP contribution in [0.25, 0.3) is 0 Å². The molecule has 0 saturated carbocycles. The molecule has 0 N–H and O–H groups in total. The van der Waals surface area contributed by atoms with Crippen LogP contribution in [0.2, 0.25) is 5.02 Å². The fraction of sp³-hybridized carbons (Fsp3) is 0.143. The van der Waals surface area contributed by atoms with Crippen molar-refractivity contribution in [2.45, 2.75) is 11.3 Å². The van der Waals surface area contributed by atoms with Crippen molar-refractivity contribution in [3.8, 4) is 0 Å². The summed E-state index contributed by atoms with van der Waals surface area (Å²) < 4.78 is 29.4. The van der Waals surface area contributed by atoms with Gasteiger partial charge in [-0.25, -0.2) is 9.99 Å². The van der Waals surface area contributed by atoms with Crippen molar-refractivity contribution < 1.29 is 12.6 Å². The largest absolute Gasteiger partial charge is 0.361 e. The Morgan fingerprint density at radius 2 is 1.91 bits per heavy atom. The van der Waals surface area contributed by atoms with Gasteiger partial charge in [-0.05, 0) is 24.3 Å². The highest BCUT2D eigenvalue weighted by Crippen LogP contribution is 2.26. The molecule has 0 saturated heterocycles. The van der Waals surface area contributed by atoms with Gasteiger partial charge >= 0.3 is 10.1 Å². The Labute approximate surface area is 133 Å². The first kappa shape index (κ1) is 14.8. The lowest BCUT2D eigenvalue weighted by Crippen LogP contribution is -2.13. The first-order valence-electron chi connectivity index (χ1n) is 6.51. The fourth-order valence-corrected chi connectivity index (χ4v) is 3.15. The number of halogens is 1. The molecule has 0 atom stereocenters. The van der Waals surface area contributed by atoms with Crippen LogP contribution >= 0.6 is 11.6 Å². The van der Waals surface area contributed by atoms with E-state index in [0.29, 0.717) is 23.8 Å². The van der Waals surface area contributed by atoms with Crippen LogP contribution in [0.3, 0.4) is 0 Å². The number of hydrogen-bond acceptors (Lipinski definition) is 6. The second kappa shape index (κ2) is 5.94. The predicted octanol–water partition coefficient (Wildman–Crippen LogP) is 2.66. The second-order valence-corrected chi connectivity index (χ2v) is 6.48. The van der Waals surface area contributed by atoms with Gasteiger partial charge in [0.15, 0.2) is 5.82 Å². The highest BCUT2D eigenvalue weighted by Gasteiger charge is 2.25. The Morgan fingerprint density at radius 1 is 1.14 bits per heavy atom. The molecule has 0 spiro atoms. The molecule has 0 amide bonds. The number of anilines is 1. The molecule has 2 heterocycles. The lowest BCUT2D eigenvalue weighted by molar-refractivity contribution is 0.477. The van der Waals surface area contributed by atoms with Crippen molar-refractivity contribution in [2.24, 2.45) is 5.10 Å². The van der Waals surface area contributed by atoms with E-state index in [0.717, 1.165) is 0 Å². The summed E-state index contributed by atoms with van der Waals surface area (Å²) >= 11 is 6.05. The van der Waals surface area contributed by atoms with Crippen LogP contribution in [0.1, 0.15) is 6.42 Å². The molecule has 0 aliphatic carbocycles. The third kappa shape index (κ3) is 3.05. The van der Waals surface area contributed by atoms with Crippen molar-refractivity contribution in [3.63, 3.8) is 0 Å². The Hall–Kier alpha value is -2.12. The van der Waals surface area contributed by atoms with Crippen LogP contribution in [0.4, 0.5) is 5.82 Å². The van der Waals surface area contributed by atoms with Crippen molar-refractivity contribution in [3.05, 3.63) is 53.7 Å². The molecule has 22 heavy (non-hydrogen) atoms. The van der Waals surface area contributed by atoms with E-state index in [1.807, 2.05) is 0 Å². The summed E-state index contributed by atoms with van der Waals surface area (Å²) in [7, 11) is -3.87. The number of rotatable bonds is 3. The molecule has 1 aromatic heterocycles. The van der Waals surface area contributed by atoms with E-state index in [4.69, 9.17) is 15.8 Å². The third-order valence-electron chi connectivity index (χ3n) is 2.99. The minimum absolute atomic E-state index is 0.0898. The van der Waals surface area contributed by atoms with Crippen LogP contribution in [-0.4, -0.2) is 25.8 Å². The quantitative estimate of drug-likeness (QED) is 0.805. The average Bonchev–Trinajstić information content (AvgIpc) is 2.96. The maximum absolute atomic E-state index is 12.1. The van der Waals surface area contributed by atoms with Crippen LogP contribution in [0, 0.1) is 0 Å². The van der Waals surface area contributed by atoms with Crippen molar-refractivity contribution >= 4 is 33.4 Å². The molecule has 3 rings (SSSR count). The summed E-state index contributed by atoms with van der Waals surface area (Å²) in [5, 5.41) is 6.10. The highest BCUT2D eigenvalue weighted by molar-refractivity contribution is 7.87. The molecule has 6 nitrogen and oxygen atoms in total. The molecule has 114 valence electrons. The zero-order valence-corrected chi connectivity index (χ0v) is 13.0. The maximum Gasteiger partial charge on any atom is 0.340 e. The van der Waals surface area contributed by atoms with E-state index in [1.165, 1.54) is 17.1 Å². The van der Waals surface area contributed by atoms with Crippen molar-refractivity contribution in [1.29, 1.82) is 0 Å². The van der Waals surface area contributed by atoms with Gasteiger partial charge in [0.1, 0.15) is 4.90 Å². The van der Waals surface area contributed by atoms with Gasteiger partial charge in [0.05, 0.1) is 11.6 Å². The Balaban J connectivity index is 1.80. The highest BCUT2D eigenvalue weighted by atomic mass is 35.5. The van der Waals surface area contributed by atoms with E-state index >= 15 is 0 Å². The smallest absolute Gasteiger partial charge is 0.340 e. The number of nitrogens with zero attached hydrogens (tertiary/aromatic N) is 3. The Morgan fingerprint density at radius 3 is 2.64 bits per heavy atom. The zero-order chi connectivity index (χ0) is 15.6. The van der Waals surface area contributed by atoms with Crippen molar-refractivity contribution in [2.75, 3.05) is 11.6 Å². The van der Waals surface area contributed by atoms with Gasteiger partial charge in [-0.15, -0.1) is 5.10 Å². The number of hydrazone groups is 1. The van der Waals surface area contributed by atoms with Gasteiger partial charge in [0, 0.05) is 12.6 Å². The van der Waals surface area contributed by atoms with Gasteiger partial charge in [-0.2, -0.15) is 8.42 Å². The molecule has 0 radical (unpaired) electrons. The van der Waals surface area contributed by atoms with Gasteiger partial charge in [-0.3, -0.25) is 0 Å². The van der Waals surface area contributed by atoms with Crippen LogP contribution in [0.15, 0.2) is 58.7 Å². The second-order valence-electron chi connectivity index (χ2n) is 4.53. The Kier molecular flexibility index (Phi) is 4.00. The van der Waals surface area contributed by atoms with E-state index < -0.39 is 10.1 Å². The number of pyridine rings is 1. The molecule has 0 fully saturated rings. The van der Waals surface area contributed by atoms with E-state index in [2.05, 4.69) is 10.1 Å². The molecular formula is C14H12ClN3O3S. The minimum atomic E-state index is -3.87. The predicted molar refractivity (Wildman–Crippen MR) is 83.4 cm³/mol. The monoisotopic (exact) mass is 337 g/mol. The molecule has 1 aromatic carbocycles.